The highest BCUT2D eigenvalue weighted by Gasteiger charge is 2.34. The van der Waals surface area contributed by atoms with Crippen molar-refractivity contribution in [3.8, 4) is 33.8 Å². The van der Waals surface area contributed by atoms with E-state index in [1.54, 1.807) is 48.5 Å². The lowest BCUT2D eigenvalue weighted by atomic mass is 10.0. The lowest BCUT2D eigenvalue weighted by molar-refractivity contribution is -0.288. The minimum absolute atomic E-state index is 0.150. The molecule has 280 valence electrons. The zero-order chi connectivity index (χ0) is 38.1. The fourth-order valence-electron chi connectivity index (χ4n) is 5.06. The standard InChI is InChI=1S/C42H40O12/c1-3-37(43)49-25-5-23-47-35-19-15-31(16-20-35)29-7-11-33(12-8-29)39(45)53-41-42(52-28-27-51-41)54-40(46)34-13-9-30(10-14-34)32-17-21-36(22-18-32)48-24-6-26-50-38(44)4-2/h3-4,7-22,41-42H,1-2,5-6,23-28H2. The van der Waals surface area contributed by atoms with Crippen molar-refractivity contribution >= 4 is 23.9 Å². The average molecular weight is 737 g/mol. The van der Waals surface area contributed by atoms with Gasteiger partial charge in [0.05, 0.1) is 50.8 Å². The molecular weight excluding hydrogens is 696 g/mol. The summed E-state index contributed by atoms with van der Waals surface area (Å²) in [7, 11) is 0. The molecule has 1 aliphatic rings. The summed E-state index contributed by atoms with van der Waals surface area (Å²) in [5.74, 6) is -0.931. The molecule has 4 aromatic carbocycles. The SMILES string of the molecule is C=CC(=O)OCCCOc1ccc(-c2ccc(C(=O)OC3OCCOC3OC(=O)c3ccc(-c4ccc(OCCCOC(=O)C=C)cc4)cc3)cc2)cc1. The van der Waals surface area contributed by atoms with E-state index >= 15 is 0 Å². The molecule has 0 aromatic heterocycles. The Morgan fingerprint density at radius 1 is 0.519 bits per heavy atom. The molecule has 0 bridgehead atoms. The summed E-state index contributed by atoms with van der Waals surface area (Å²) in [6.07, 6.45) is 0.798. The van der Waals surface area contributed by atoms with Crippen LogP contribution in [0.2, 0.25) is 0 Å². The third-order valence-electron chi connectivity index (χ3n) is 7.87. The normalized spacial score (nSPS) is 14.9. The largest absolute Gasteiger partial charge is 0.493 e. The number of rotatable bonds is 18. The lowest BCUT2D eigenvalue weighted by Crippen LogP contribution is -2.44. The van der Waals surface area contributed by atoms with Crippen LogP contribution in [0.15, 0.2) is 122 Å². The first kappa shape index (κ1) is 39.0. The van der Waals surface area contributed by atoms with Gasteiger partial charge in [0.1, 0.15) is 11.5 Å². The summed E-state index contributed by atoms with van der Waals surface area (Å²) in [5, 5.41) is 0. The number of carbonyl (C=O) groups excluding carboxylic acids is 4. The summed E-state index contributed by atoms with van der Waals surface area (Å²) in [6, 6.07) is 28.6. The molecule has 0 amide bonds. The molecule has 1 fully saturated rings. The zero-order valence-electron chi connectivity index (χ0n) is 29.5. The van der Waals surface area contributed by atoms with Crippen molar-refractivity contribution in [3.63, 3.8) is 0 Å². The second-order valence-corrected chi connectivity index (χ2v) is 11.6. The summed E-state index contributed by atoms with van der Waals surface area (Å²) >= 11 is 0. The van der Waals surface area contributed by atoms with Gasteiger partial charge in [-0.05, 0) is 70.8 Å². The predicted molar refractivity (Wildman–Crippen MR) is 197 cm³/mol. The zero-order valence-corrected chi connectivity index (χ0v) is 29.5. The molecule has 1 saturated heterocycles. The van der Waals surface area contributed by atoms with Crippen LogP contribution in [0, 0.1) is 0 Å². The highest BCUT2D eigenvalue weighted by molar-refractivity contribution is 5.91. The predicted octanol–water partition coefficient (Wildman–Crippen LogP) is 6.73. The van der Waals surface area contributed by atoms with E-state index in [4.69, 9.17) is 37.9 Å². The van der Waals surface area contributed by atoms with Crippen LogP contribution in [-0.2, 0) is 38.0 Å². The number of esters is 4. The van der Waals surface area contributed by atoms with E-state index < -0.39 is 36.5 Å². The van der Waals surface area contributed by atoms with Crippen LogP contribution >= 0.6 is 0 Å². The van der Waals surface area contributed by atoms with Crippen molar-refractivity contribution in [2.75, 3.05) is 39.6 Å². The minimum Gasteiger partial charge on any atom is -0.493 e. The van der Waals surface area contributed by atoms with Crippen molar-refractivity contribution in [3.05, 3.63) is 133 Å². The van der Waals surface area contributed by atoms with E-state index in [1.165, 1.54) is 0 Å². The number of hydrogen-bond donors (Lipinski definition) is 0. The van der Waals surface area contributed by atoms with Crippen LogP contribution in [0.5, 0.6) is 11.5 Å². The molecule has 0 N–H and O–H groups in total. The van der Waals surface area contributed by atoms with Gasteiger partial charge in [0.25, 0.3) is 12.6 Å². The Balaban J connectivity index is 1.08. The Bertz CT molecular complexity index is 1730. The first-order chi connectivity index (χ1) is 26.3. The van der Waals surface area contributed by atoms with Crippen molar-refractivity contribution in [1.82, 2.24) is 0 Å². The third kappa shape index (κ3) is 11.6. The van der Waals surface area contributed by atoms with E-state index in [9.17, 15) is 19.2 Å². The van der Waals surface area contributed by atoms with Crippen molar-refractivity contribution < 1.29 is 57.1 Å². The van der Waals surface area contributed by atoms with Crippen molar-refractivity contribution in [2.24, 2.45) is 0 Å². The maximum Gasteiger partial charge on any atom is 0.340 e. The van der Waals surface area contributed by atoms with E-state index in [2.05, 4.69) is 13.2 Å². The van der Waals surface area contributed by atoms with Gasteiger partial charge in [0, 0.05) is 25.0 Å². The van der Waals surface area contributed by atoms with Crippen molar-refractivity contribution in [2.45, 2.75) is 25.4 Å². The molecule has 12 nitrogen and oxygen atoms in total. The van der Waals surface area contributed by atoms with E-state index in [0.29, 0.717) is 37.6 Å². The molecule has 4 aromatic rings. The molecule has 0 aliphatic carbocycles. The van der Waals surface area contributed by atoms with E-state index in [0.717, 1.165) is 34.4 Å². The molecule has 0 radical (unpaired) electrons. The number of benzene rings is 4. The van der Waals surface area contributed by atoms with Gasteiger partial charge in [-0.3, -0.25) is 0 Å². The van der Waals surface area contributed by atoms with Crippen LogP contribution in [-0.4, -0.2) is 76.1 Å². The first-order valence-corrected chi connectivity index (χ1v) is 17.2. The van der Waals surface area contributed by atoms with Crippen LogP contribution < -0.4 is 9.47 Å². The summed E-state index contributed by atoms with van der Waals surface area (Å²) < 4.78 is 43.6. The minimum atomic E-state index is -1.27. The topological polar surface area (TPSA) is 142 Å². The maximum atomic E-state index is 13.0. The molecule has 0 spiro atoms. The van der Waals surface area contributed by atoms with Crippen LogP contribution in [0.3, 0.4) is 0 Å². The highest BCUT2D eigenvalue weighted by atomic mass is 16.8. The monoisotopic (exact) mass is 736 g/mol. The van der Waals surface area contributed by atoms with Gasteiger partial charge >= 0.3 is 23.9 Å². The maximum absolute atomic E-state index is 13.0. The van der Waals surface area contributed by atoms with Gasteiger partial charge in [-0.25, -0.2) is 19.2 Å². The van der Waals surface area contributed by atoms with Gasteiger partial charge < -0.3 is 37.9 Å². The molecule has 2 unspecified atom stereocenters. The van der Waals surface area contributed by atoms with Gasteiger partial charge in [0.2, 0.25) is 0 Å². The van der Waals surface area contributed by atoms with Crippen LogP contribution in [0.4, 0.5) is 0 Å². The molecule has 0 saturated carbocycles. The van der Waals surface area contributed by atoms with Gasteiger partial charge in [-0.1, -0.05) is 61.7 Å². The van der Waals surface area contributed by atoms with Gasteiger partial charge in [-0.2, -0.15) is 0 Å². The average Bonchev–Trinajstić information content (AvgIpc) is 3.21. The summed E-state index contributed by atoms with van der Waals surface area (Å²) in [4.78, 5) is 48.3. The molecular formula is C42H40O12. The number of ether oxygens (including phenoxy) is 8. The van der Waals surface area contributed by atoms with E-state index in [1.807, 2.05) is 48.5 Å². The van der Waals surface area contributed by atoms with Crippen molar-refractivity contribution in [1.29, 1.82) is 0 Å². The van der Waals surface area contributed by atoms with Gasteiger partial charge in [0.15, 0.2) is 0 Å². The Kier molecular flexibility index (Phi) is 14.5. The second kappa shape index (κ2) is 20.1. The quantitative estimate of drug-likeness (QED) is 0.0463. The van der Waals surface area contributed by atoms with Gasteiger partial charge in [-0.15, -0.1) is 0 Å². The smallest absolute Gasteiger partial charge is 0.340 e. The fourth-order valence-corrected chi connectivity index (χ4v) is 5.06. The Morgan fingerprint density at radius 3 is 1.19 bits per heavy atom. The molecule has 12 heteroatoms. The molecule has 5 rings (SSSR count). The second-order valence-electron chi connectivity index (χ2n) is 11.6. The fraction of sp³-hybridized carbons (Fsp3) is 0.238. The first-order valence-electron chi connectivity index (χ1n) is 17.2. The highest BCUT2D eigenvalue weighted by Crippen LogP contribution is 2.26. The summed E-state index contributed by atoms with van der Waals surface area (Å²) in [6.45, 7) is 8.28. The third-order valence-corrected chi connectivity index (χ3v) is 7.87. The molecule has 54 heavy (non-hydrogen) atoms. The lowest BCUT2D eigenvalue weighted by Gasteiger charge is -2.30. The van der Waals surface area contributed by atoms with Crippen LogP contribution in [0.25, 0.3) is 22.3 Å². The Labute approximate surface area is 312 Å². The van der Waals surface area contributed by atoms with E-state index in [-0.39, 0.29) is 37.6 Å². The number of carbonyl (C=O) groups is 4. The summed E-state index contributed by atoms with van der Waals surface area (Å²) in [5.41, 5.74) is 4.11. The number of hydrogen-bond acceptors (Lipinski definition) is 12. The van der Waals surface area contributed by atoms with Crippen LogP contribution in [0.1, 0.15) is 33.6 Å². The molecule has 1 heterocycles. The molecule has 2 atom stereocenters. The Hall–Kier alpha value is -6.24. The Morgan fingerprint density at radius 2 is 0.852 bits per heavy atom. The molecule has 1 aliphatic heterocycles.